The molecule has 0 aliphatic carbocycles. The number of aliphatic hydroxyl groups excluding tert-OH is 1. The number of rotatable bonds is 4. The largest absolute Gasteiger partial charge is 0.396 e. The molecule has 5 heteroatoms. The molecule has 1 saturated heterocycles. The van der Waals surface area contributed by atoms with Crippen LogP contribution in [0.2, 0.25) is 0 Å². The first-order valence-corrected chi connectivity index (χ1v) is 6.07. The van der Waals surface area contributed by atoms with E-state index in [0.717, 1.165) is 37.8 Å². The van der Waals surface area contributed by atoms with Crippen LogP contribution in [0.5, 0.6) is 0 Å². The van der Waals surface area contributed by atoms with E-state index in [1.54, 1.807) is 6.20 Å². The van der Waals surface area contributed by atoms with Crippen molar-refractivity contribution in [3.8, 4) is 0 Å². The highest BCUT2D eigenvalue weighted by Gasteiger charge is 2.31. The van der Waals surface area contributed by atoms with Gasteiger partial charge in [0.1, 0.15) is 0 Å². The van der Waals surface area contributed by atoms with Crippen LogP contribution in [0.4, 0.5) is 0 Å². The second kappa shape index (κ2) is 5.31. The monoisotopic (exact) mass is 238 g/mol. The van der Waals surface area contributed by atoms with Crippen LogP contribution < -0.4 is 0 Å². The number of carbonyl (C=O) groups excluding carboxylic acids is 1. The third-order valence-electron chi connectivity index (χ3n) is 3.28. The van der Waals surface area contributed by atoms with Crippen molar-refractivity contribution in [2.24, 2.45) is 0 Å². The molecular formula is C12H18N2O3. The number of hydrogen-bond acceptors (Lipinski definition) is 4. The summed E-state index contributed by atoms with van der Waals surface area (Å²) in [6.45, 7) is 2.78. The molecule has 0 spiro atoms. The van der Waals surface area contributed by atoms with Crippen molar-refractivity contribution in [1.29, 1.82) is 0 Å². The molecule has 2 heterocycles. The highest BCUT2D eigenvalue weighted by molar-refractivity contribution is 5.93. The summed E-state index contributed by atoms with van der Waals surface area (Å²) in [7, 11) is 0. The Kier molecular flexibility index (Phi) is 3.78. The zero-order chi connectivity index (χ0) is 12.3. The van der Waals surface area contributed by atoms with Crippen molar-refractivity contribution in [1.82, 2.24) is 10.1 Å². The lowest BCUT2D eigenvalue weighted by molar-refractivity contribution is 0.0681. The Labute approximate surface area is 100 Å². The van der Waals surface area contributed by atoms with Gasteiger partial charge in [-0.25, -0.2) is 0 Å². The number of amides is 1. The second-order valence-corrected chi connectivity index (χ2v) is 4.50. The van der Waals surface area contributed by atoms with E-state index in [0.29, 0.717) is 5.76 Å². The smallest absolute Gasteiger partial charge is 0.292 e. The van der Waals surface area contributed by atoms with E-state index >= 15 is 0 Å². The summed E-state index contributed by atoms with van der Waals surface area (Å²) in [5.41, 5.74) is 0.780. The SMILES string of the molecule is Cc1cnoc1C(=O)N1CCCC1CCCO. The standard InChI is InChI=1S/C12H18N2O3/c1-9-8-13-17-11(9)12(16)14-6-2-4-10(14)5-3-7-15/h8,10,15H,2-7H2,1H3. The first-order valence-electron chi connectivity index (χ1n) is 6.07. The highest BCUT2D eigenvalue weighted by Crippen LogP contribution is 2.24. The van der Waals surface area contributed by atoms with Crippen molar-refractivity contribution in [3.63, 3.8) is 0 Å². The lowest BCUT2D eigenvalue weighted by atomic mass is 10.1. The van der Waals surface area contributed by atoms with Gasteiger partial charge in [-0.05, 0) is 32.6 Å². The molecule has 0 saturated carbocycles. The molecule has 1 aromatic heterocycles. The number of hydrogen-bond donors (Lipinski definition) is 1. The summed E-state index contributed by atoms with van der Waals surface area (Å²) in [5, 5.41) is 12.5. The van der Waals surface area contributed by atoms with Crippen LogP contribution >= 0.6 is 0 Å². The van der Waals surface area contributed by atoms with Gasteiger partial charge in [-0.2, -0.15) is 0 Å². The van der Waals surface area contributed by atoms with E-state index in [-0.39, 0.29) is 18.6 Å². The zero-order valence-corrected chi connectivity index (χ0v) is 10.1. The maximum Gasteiger partial charge on any atom is 0.292 e. The summed E-state index contributed by atoms with van der Waals surface area (Å²) < 4.78 is 5.00. The molecule has 1 fully saturated rings. The molecule has 1 aliphatic rings. The van der Waals surface area contributed by atoms with Crippen LogP contribution in [0.15, 0.2) is 10.7 Å². The van der Waals surface area contributed by atoms with Crippen molar-refractivity contribution in [2.45, 2.75) is 38.6 Å². The van der Waals surface area contributed by atoms with Crippen LogP contribution in [-0.2, 0) is 0 Å². The molecule has 1 aliphatic heterocycles. The van der Waals surface area contributed by atoms with Crippen LogP contribution in [0.3, 0.4) is 0 Å². The lowest BCUT2D eigenvalue weighted by Crippen LogP contribution is -2.35. The minimum absolute atomic E-state index is 0.0690. The van der Waals surface area contributed by atoms with Gasteiger partial charge in [-0.1, -0.05) is 5.16 Å². The summed E-state index contributed by atoms with van der Waals surface area (Å²) in [6, 6.07) is 0.235. The number of aryl methyl sites for hydroxylation is 1. The maximum absolute atomic E-state index is 12.2. The lowest BCUT2D eigenvalue weighted by Gasteiger charge is -2.23. The van der Waals surface area contributed by atoms with Gasteiger partial charge in [0.05, 0.1) is 6.20 Å². The number of nitrogens with zero attached hydrogens (tertiary/aromatic N) is 2. The third kappa shape index (κ3) is 2.49. The average Bonchev–Trinajstić information content (AvgIpc) is 2.94. The van der Waals surface area contributed by atoms with Gasteiger partial charge in [0.25, 0.3) is 5.91 Å². The van der Waals surface area contributed by atoms with E-state index in [2.05, 4.69) is 5.16 Å². The summed E-state index contributed by atoms with van der Waals surface area (Å²) in [5.74, 6) is 0.279. The molecule has 1 amide bonds. The Hall–Kier alpha value is -1.36. The quantitative estimate of drug-likeness (QED) is 0.860. The number of likely N-dealkylation sites (tertiary alicyclic amines) is 1. The van der Waals surface area contributed by atoms with Crippen molar-refractivity contribution >= 4 is 5.91 Å². The zero-order valence-electron chi connectivity index (χ0n) is 10.1. The first-order chi connectivity index (χ1) is 8.24. The van der Waals surface area contributed by atoms with E-state index < -0.39 is 0 Å². The van der Waals surface area contributed by atoms with E-state index in [4.69, 9.17) is 9.63 Å². The molecule has 2 rings (SSSR count). The predicted octanol–water partition coefficient (Wildman–Crippen LogP) is 1.36. The molecule has 5 nitrogen and oxygen atoms in total. The molecule has 0 radical (unpaired) electrons. The second-order valence-electron chi connectivity index (χ2n) is 4.50. The Bertz CT molecular complexity index is 389. The fraction of sp³-hybridized carbons (Fsp3) is 0.667. The van der Waals surface area contributed by atoms with Gasteiger partial charge in [0, 0.05) is 24.8 Å². The number of aliphatic hydroxyl groups is 1. The topological polar surface area (TPSA) is 66.6 Å². The highest BCUT2D eigenvalue weighted by atomic mass is 16.5. The van der Waals surface area contributed by atoms with Gasteiger partial charge in [0.15, 0.2) is 0 Å². The van der Waals surface area contributed by atoms with Crippen molar-refractivity contribution in [2.75, 3.05) is 13.2 Å². The minimum Gasteiger partial charge on any atom is -0.396 e. The minimum atomic E-state index is -0.0690. The number of carbonyl (C=O) groups is 1. The van der Waals surface area contributed by atoms with Gasteiger partial charge in [0.2, 0.25) is 5.76 Å². The number of aromatic nitrogens is 1. The van der Waals surface area contributed by atoms with Crippen LogP contribution in [-0.4, -0.2) is 40.3 Å². The maximum atomic E-state index is 12.2. The molecule has 0 bridgehead atoms. The molecule has 0 aromatic carbocycles. The van der Waals surface area contributed by atoms with E-state index in [1.165, 1.54) is 0 Å². The Balaban J connectivity index is 2.06. The molecular weight excluding hydrogens is 220 g/mol. The molecule has 17 heavy (non-hydrogen) atoms. The summed E-state index contributed by atoms with van der Waals surface area (Å²) >= 11 is 0. The van der Waals surface area contributed by atoms with Gasteiger partial charge in [-0.15, -0.1) is 0 Å². The van der Waals surface area contributed by atoms with Crippen molar-refractivity contribution < 1.29 is 14.4 Å². The molecule has 94 valence electrons. The Morgan fingerprint density at radius 1 is 1.71 bits per heavy atom. The van der Waals surface area contributed by atoms with Crippen LogP contribution in [0.25, 0.3) is 0 Å². The van der Waals surface area contributed by atoms with Gasteiger partial charge >= 0.3 is 0 Å². The Morgan fingerprint density at radius 3 is 3.18 bits per heavy atom. The van der Waals surface area contributed by atoms with Gasteiger partial charge in [-0.3, -0.25) is 4.79 Å². The normalized spacial score (nSPS) is 19.9. The van der Waals surface area contributed by atoms with Crippen LogP contribution in [0, 0.1) is 6.92 Å². The average molecular weight is 238 g/mol. The van der Waals surface area contributed by atoms with Crippen LogP contribution in [0.1, 0.15) is 41.8 Å². The third-order valence-corrected chi connectivity index (χ3v) is 3.28. The fourth-order valence-corrected chi connectivity index (χ4v) is 2.36. The van der Waals surface area contributed by atoms with Gasteiger partial charge < -0.3 is 14.5 Å². The molecule has 1 unspecified atom stereocenters. The molecule has 1 N–H and O–H groups in total. The summed E-state index contributed by atoms with van der Waals surface area (Å²) in [4.78, 5) is 14.1. The predicted molar refractivity (Wildman–Crippen MR) is 61.6 cm³/mol. The van der Waals surface area contributed by atoms with E-state index in [9.17, 15) is 4.79 Å². The first kappa shape index (κ1) is 12.1. The Morgan fingerprint density at radius 2 is 2.53 bits per heavy atom. The van der Waals surface area contributed by atoms with Crippen molar-refractivity contribution in [3.05, 3.63) is 17.5 Å². The fourth-order valence-electron chi connectivity index (χ4n) is 2.36. The molecule has 1 aromatic rings. The molecule has 1 atom stereocenters. The van der Waals surface area contributed by atoms with E-state index in [1.807, 2.05) is 11.8 Å². The summed E-state index contributed by atoms with van der Waals surface area (Å²) in [6.07, 6.45) is 5.19.